The summed E-state index contributed by atoms with van der Waals surface area (Å²) in [6.07, 6.45) is -1.20. The van der Waals surface area contributed by atoms with Gasteiger partial charge in [0.2, 0.25) is 0 Å². The molecule has 3 N–H and O–H groups in total. The maximum Gasteiger partial charge on any atom is 0.573 e. The first kappa shape index (κ1) is 24.1. The molecule has 1 fully saturated rings. The molecule has 10 heteroatoms. The first-order valence-electron chi connectivity index (χ1n) is 10.2. The Morgan fingerprint density at radius 3 is 2.24 bits per heavy atom. The Kier molecular flexibility index (Phi) is 7.94. The highest BCUT2D eigenvalue weighted by Crippen LogP contribution is 2.29. The van der Waals surface area contributed by atoms with Crippen molar-refractivity contribution in [2.45, 2.75) is 19.2 Å². The minimum atomic E-state index is -4.82. The Morgan fingerprint density at radius 2 is 1.67 bits per heavy atom. The smallest absolute Gasteiger partial charge is 0.493 e. The molecule has 3 rings (SSSR count). The molecule has 2 aromatic carbocycles. The summed E-state index contributed by atoms with van der Waals surface area (Å²) in [5.74, 6) is -0.425. The number of carbonyl (C=O) groups excluding carboxylic acids is 2. The van der Waals surface area contributed by atoms with E-state index >= 15 is 0 Å². The molecule has 0 bridgehead atoms. The molecule has 0 aliphatic heterocycles. The number of alkyl halides is 3. The van der Waals surface area contributed by atoms with E-state index in [1.54, 1.807) is 24.3 Å². The second-order valence-electron chi connectivity index (χ2n) is 7.39. The van der Waals surface area contributed by atoms with E-state index < -0.39 is 23.9 Å². The number of aliphatic hydroxyl groups is 1. The molecule has 0 unspecified atom stereocenters. The van der Waals surface area contributed by atoms with Gasteiger partial charge in [-0.15, -0.1) is 13.2 Å². The van der Waals surface area contributed by atoms with Crippen molar-refractivity contribution in [1.82, 2.24) is 10.6 Å². The Hall–Kier alpha value is -3.53. The van der Waals surface area contributed by atoms with E-state index in [1.807, 2.05) is 0 Å². The lowest BCUT2D eigenvalue weighted by Crippen LogP contribution is -2.36. The van der Waals surface area contributed by atoms with Crippen LogP contribution in [-0.2, 0) is 4.79 Å². The van der Waals surface area contributed by atoms with Gasteiger partial charge in [-0.2, -0.15) is 0 Å². The maximum atomic E-state index is 12.7. The highest BCUT2D eigenvalue weighted by atomic mass is 19.4. The van der Waals surface area contributed by atoms with Crippen LogP contribution < -0.4 is 20.1 Å². The van der Waals surface area contributed by atoms with Gasteiger partial charge < -0.3 is 25.2 Å². The molecule has 0 aromatic heterocycles. The number of carbonyl (C=O) groups is 2. The standard InChI is InChI=1S/C23H23F3N2O5/c24-23(25,26)33-19-7-3-15(4-8-19)13-20(22(31)27-11-12-29)28-21(30)17-5-9-18(10-6-17)32-14-16-1-2-16/h3-10,13,16,29H,1-2,11-12,14H2,(H,27,31)(H,28,30)/b20-13+. The summed E-state index contributed by atoms with van der Waals surface area (Å²) in [6, 6.07) is 11.2. The minimum Gasteiger partial charge on any atom is -0.493 e. The summed E-state index contributed by atoms with van der Waals surface area (Å²) in [6.45, 7) is 0.284. The summed E-state index contributed by atoms with van der Waals surface area (Å²) < 4.78 is 46.4. The van der Waals surface area contributed by atoms with E-state index in [2.05, 4.69) is 15.4 Å². The van der Waals surface area contributed by atoms with Crippen molar-refractivity contribution in [3.05, 3.63) is 65.4 Å². The zero-order valence-corrected chi connectivity index (χ0v) is 17.5. The van der Waals surface area contributed by atoms with E-state index in [-0.39, 0.29) is 24.4 Å². The third-order valence-electron chi connectivity index (χ3n) is 4.61. The van der Waals surface area contributed by atoms with Crippen molar-refractivity contribution in [2.75, 3.05) is 19.8 Å². The monoisotopic (exact) mass is 464 g/mol. The fourth-order valence-corrected chi connectivity index (χ4v) is 2.75. The van der Waals surface area contributed by atoms with Gasteiger partial charge in [0.25, 0.3) is 11.8 Å². The predicted molar refractivity (Wildman–Crippen MR) is 113 cm³/mol. The van der Waals surface area contributed by atoms with E-state index in [4.69, 9.17) is 9.84 Å². The van der Waals surface area contributed by atoms with Gasteiger partial charge in [-0.25, -0.2) is 0 Å². The first-order chi connectivity index (χ1) is 15.7. The summed E-state index contributed by atoms with van der Waals surface area (Å²) in [4.78, 5) is 25.1. The maximum absolute atomic E-state index is 12.7. The van der Waals surface area contributed by atoms with Crippen molar-refractivity contribution < 1.29 is 37.3 Å². The van der Waals surface area contributed by atoms with Crippen molar-refractivity contribution in [2.24, 2.45) is 5.92 Å². The number of hydrogen-bond donors (Lipinski definition) is 3. The lowest BCUT2D eigenvalue weighted by molar-refractivity contribution is -0.274. The number of halogens is 3. The average Bonchev–Trinajstić information content (AvgIpc) is 3.60. The molecule has 0 saturated heterocycles. The van der Waals surface area contributed by atoms with Gasteiger partial charge in [0.15, 0.2) is 0 Å². The van der Waals surface area contributed by atoms with Crippen LogP contribution in [0.4, 0.5) is 13.2 Å². The highest BCUT2D eigenvalue weighted by molar-refractivity contribution is 6.05. The molecule has 176 valence electrons. The van der Waals surface area contributed by atoms with Gasteiger partial charge >= 0.3 is 6.36 Å². The first-order valence-corrected chi connectivity index (χ1v) is 10.2. The van der Waals surface area contributed by atoms with Gasteiger partial charge in [0.1, 0.15) is 17.2 Å². The summed E-state index contributed by atoms with van der Waals surface area (Å²) in [5, 5.41) is 13.9. The molecule has 0 heterocycles. The predicted octanol–water partition coefficient (Wildman–Crippen LogP) is 3.25. The molecule has 0 atom stereocenters. The molecule has 7 nitrogen and oxygen atoms in total. The Balaban J connectivity index is 1.71. The molecular weight excluding hydrogens is 441 g/mol. The van der Waals surface area contributed by atoms with Crippen LogP contribution in [0.5, 0.6) is 11.5 Å². The number of rotatable bonds is 10. The third-order valence-corrected chi connectivity index (χ3v) is 4.61. The molecule has 1 saturated carbocycles. The zero-order valence-electron chi connectivity index (χ0n) is 17.5. The molecule has 1 aliphatic carbocycles. The van der Waals surface area contributed by atoms with Gasteiger partial charge in [0.05, 0.1) is 13.2 Å². The average molecular weight is 464 g/mol. The minimum absolute atomic E-state index is 0.0442. The van der Waals surface area contributed by atoms with Crippen LogP contribution in [0.2, 0.25) is 0 Å². The Bertz CT molecular complexity index is 985. The molecule has 2 amide bonds. The second kappa shape index (κ2) is 10.9. The van der Waals surface area contributed by atoms with Crippen LogP contribution in [-0.4, -0.2) is 43.0 Å². The lowest BCUT2D eigenvalue weighted by atomic mass is 10.1. The molecule has 33 heavy (non-hydrogen) atoms. The molecule has 2 aromatic rings. The topological polar surface area (TPSA) is 96.9 Å². The van der Waals surface area contributed by atoms with Crippen LogP contribution >= 0.6 is 0 Å². The van der Waals surface area contributed by atoms with E-state index in [0.717, 1.165) is 25.0 Å². The highest BCUT2D eigenvalue weighted by Gasteiger charge is 2.31. The van der Waals surface area contributed by atoms with E-state index in [0.29, 0.717) is 23.8 Å². The SMILES string of the molecule is O=C(NCCO)/C(=C\c1ccc(OC(F)(F)F)cc1)NC(=O)c1ccc(OCC2CC2)cc1. The second-order valence-corrected chi connectivity index (χ2v) is 7.39. The summed E-state index contributed by atoms with van der Waals surface area (Å²) in [5.41, 5.74) is 0.485. The van der Waals surface area contributed by atoms with Crippen LogP contribution in [0.25, 0.3) is 6.08 Å². The summed E-state index contributed by atoms with van der Waals surface area (Å²) in [7, 11) is 0. The molecule has 0 spiro atoms. The molecule has 1 aliphatic rings. The molecular formula is C23H23F3N2O5. The van der Waals surface area contributed by atoms with E-state index in [9.17, 15) is 22.8 Å². The number of ether oxygens (including phenoxy) is 2. The fraction of sp³-hybridized carbons (Fsp3) is 0.304. The van der Waals surface area contributed by atoms with Crippen molar-refractivity contribution in [1.29, 1.82) is 0 Å². The number of aliphatic hydroxyl groups excluding tert-OH is 1. The van der Waals surface area contributed by atoms with Crippen molar-refractivity contribution >= 4 is 17.9 Å². The van der Waals surface area contributed by atoms with Gasteiger partial charge in [-0.05, 0) is 66.8 Å². The van der Waals surface area contributed by atoms with Crippen LogP contribution in [0, 0.1) is 5.92 Å². The van der Waals surface area contributed by atoms with E-state index in [1.165, 1.54) is 18.2 Å². The summed E-state index contributed by atoms with van der Waals surface area (Å²) >= 11 is 0. The van der Waals surface area contributed by atoms with Gasteiger partial charge in [0, 0.05) is 12.1 Å². The fourth-order valence-electron chi connectivity index (χ4n) is 2.75. The Labute approximate surface area is 188 Å². The number of benzene rings is 2. The van der Waals surface area contributed by atoms with Gasteiger partial charge in [-0.1, -0.05) is 12.1 Å². The number of amides is 2. The van der Waals surface area contributed by atoms with Crippen LogP contribution in [0.3, 0.4) is 0 Å². The zero-order chi connectivity index (χ0) is 23.8. The third kappa shape index (κ3) is 8.15. The quantitative estimate of drug-likeness (QED) is 0.469. The Morgan fingerprint density at radius 1 is 1.03 bits per heavy atom. The van der Waals surface area contributed by atoms with Crippen LogP contribution in [0.15, 0.2) is 54.2 Å². The van der Waals surface area contributed by atoms with Crippen molar-refractivity contribution in [3.63, 3.8) is 0 Å². The largest absolute Gasteiger partial charge is 0.573 e. The van der Waals surface area contributed by atoms with Crippen LogP contribution in [0.1, 0.15) is 28.8 Å². The number of hydrogen-bond acceptors (Lipinski definition) is 5. The number of nitrogens with one attached hydrogen (secondary N) is 2. The normalized spacial score (nSPS) is 13.9. The van der Waals surface area contributed by atoms with Gasteiger partial charge in [-0.3, -0.25) is 9.59 Å². The van der Waals surface area contributed by atoms with Crippen molar-refractivity contribution in [3.8, 4) is 11.5 Å². The molecule has 0 radical (unpaired) electrons. The lowest BCUT2D eigenvalue weighted by Gasteiger charge is -2.12.